The number of nitrogens with zero attached hydrogens (tertiary/aromatic N) is 2. The van der Waals surface area contributed by atoms with Crippen LogP contribution in [-0.2, 0) is 0 Å². The molecule has 0 aliphatic carbocycles. The van der Waals surface area contributed by atoms with Crippen molar-refractivity contribution in [1.29, 1.82) is 0 Å². The number of aromatic nitrogens is 3. The topological polar surface area (TPSA) is 123 Å². The van der Waals surface area contributed by atoms with Gasteiger partial charge in [0.25, 0.3) is 17.4 Å². The third kappa shape index (κ3) is 1.78. The van der Waals surface area contributed by atoms with Gasteiger partial charge in [-0.05, 0) is 12.1 Å². The maximum absolute atomic E-state index is 12.4. The van der Waals surface area contributed by atoms with Gasteiger partial charge in [0.15, 0.2) is 0 Å². The van der Waals surface area contributed by atoms with Gasteiger partial charge < -0.3 is 5.73 Å². The molecule has 1 aliphatic rings. The molecule has 2 aromatic heterocycles. The fraction of sp³-hybridized carbons (Fsp3) is 0. The molecule has 2 amide bonds. The normalized spacial score (nSPS) is 13.4. The number of rotatable bonds is 1. The van der Waals surface area contributed by atoms with Crippen LogP contribution in [0.2, 0.25) is 5.02 Å². The minimum Gasteiger partial charge on any atom is -0.384 e. The van der Waals surface area contributed by atoms with Crippen molar-refractivity contribution in [2.24, 2.45) is 0 Å². The van der Waals surface area contributed by atoms with E-state index in [-0.39, 0.29) is 16.9 Å². The van der Waals surface area contributed by atoms with Crippen molar-refractivity contribution in [3.8, 4) is 5.69 Å². The number of pyridine rings is 1. The van der Waals surface area contributed by atoms with Crippen LogP contribution < -0.4 is 16.6 Å². The summed E-state index contributed by atoms with van der Waals surface area (Å²) in [5.41, 5.74) is 6.36. The van der Waals surface area contributed by atoms with Crippen LogP contribution in [0.3, 0.4) is 0 Å². The van der Waals surface area contributed by atoms with Crippen LogP contribution in [-0.4, -0.2) is 26.6 Å². The number of nitrogen functional groups attached to an aromatic ring is 1. The zero-order valence-electron chi connectivity index (χ0n) is 11.4. The van der Waals surface area contributed by atoms with Crippen molar-refractivity contribution in [1.82, 2.24) is 20.1 Å². The number of hydrogen-bond donors (Lipinski definition) is 3. The average Bonchev–Trinajstić information content (AvgIpc) is 3.04. The summed E-state index contributed by atoms with van der Waals surface area (Å²) in [5, 5.41) is 9.82. The Hall–Kier alpha value is -3.13. The highest BCUT2D eigenvalue weighted by atomic mass is 35.5. The molecule has 0 radical (unpaired) electrons. The zero-order chi connectivity index (χ0) is 16.3. The highest BCUT2D eigenvalue weighted by Gasteiger charge is 2.31. The molecule has 9 heteroatoms. The van der Waals surface area contributed by atoms with Crippen LogP contribution in [0, 0.1) is 0 Å². The molecule has 1 aliphatic heterocycles. The molecular formula is C14H8ClN5O3. The van der Waals surface area contributed by atoms with E-state index in [0.29, 0.717) is 21.6 Å². The molecule has 0 spiro atoms. The van der Waals surface area contributed by atoms with Crippen LogP contribution in [0.25, 0.3) is 16.6 Å². The molecule has 23 heavy (non-hydrogen) atoms. The Balaban J connectivity index is 2.06. The monoisotopic (exact) mass is 329 g/mol. The molecule has 4 N–H and O–H groups in total. The maximum Gasteiger partial charge on any atom is 0.262 e. The molecule has 4 rings (SSSR count). The maximum atomic E-state index is 12.4. The van der Waals surface area contributed by atoms with Crippen molar-refractivity contribution in [3.63, 3.8) is 0 Å². The smallest absolute Gasteiger partial charge is 0.262 e. The third-order valence-electron chi connectivity index (χ3n) is 3.70. The Kier molecular flexibility index (Phi) is 2.61. The van der Waals surface area contributed by atoms with Gasteiger partial charge >= 0.3 is 0 Å². The van der Waals surface area contributed by atoms with E-state index in [2.05, 4.69) is 15.5 Å². The highest BCUT2D eigenvalue weighted by molar-refractivity contribution is 6.35. The first-order valence-electron chi connectivity index (χ1n) is 6.51. The molecule has 8 nitrogen and oxygen atoms in total. The number of carbonyl (C=O) groups is 2. The predicted octanol–water partition coefficient (Wildman–Crippen LogP) is 0.833. The minimum atomic E-state index is -0.636. The average molecular weight is 330 g/mol. The van der Waals surface area contributed by atoms with Gasteiger partial charge in [0.05, 0.1) is 33.6 Å². The molecular weight excluding hydrogens is 322 g/mol. The molecule has 0 saturated carbocycles. The first kappa shape index (κ1) is 13.5. The lowest BCUT2D eigenvalue weighted by Gasteiger charge is -2.12. The number of benzene rings is 1. The molecule has 0 fully saturated rings. The summed E-state index contributed by atoms with van der Waals surface area (Å²) in [6, 6.07) is 4.25. The quantitative estimate of drug-likeness (QED) is 0.571. The third-order valence-corrected chi connectivity index (χ3v) is 4.02. The van der Waals surface area contributed by atoms with E-state index in [1.165, 1.54) is 6.07 Å². The van der Waals surface area contributed by atoms with Crippen LogP contribution in [0.4, 0.5) is 5.82 Å². The number of amides is 2. The largest absolute Gasteiger partial charge is 0.384 e. The Bertz CT molecular complexity index is 1080. The van der Waals surface area contributed by atoms with Crippen molar-refractivity contribution in [3.05, 3.63) is 50.9 Å². The summed E-state index contributed by atoms with van der Waals surface area (Å²) in [4.78, 5) is 35.9. The lowest BCUT2D eigenvalue weighted by Crippen LogP contribution is -2.24. The molecule has 3 heterocycles. The van der Waals surface area contributed by atoms with E-state index in [1.807, 2.05) is 0 Å². The number of nitrogens with one attached hydrogen (secondary N) is 2. The standard InChI is InChI=1S/C14H8ClN5O3/c15-8-1-5(2-9-7(8)4-17-19-9)20-10(21)3-6-11(12(20)16)14(23)18-13(6)22/h1-4H,16H2,(H,17,19)(H,18,22,23). The van der Waals surface area contributed by atoms with Crippen molar-refractivity contribution < 1.29 is 9.59 Å². The van der Waals surface area contributed by atoms with Crippen LogP contribution in [0.5, 0.6) is 0 Å². The van der Waals surface area contributed by atoms with Gasteiger partial charge in [0.1, 0.15) is 5.82 Å². The minimum absolute atomic E-state index is 0.0181. The van der Waals surface area contributed by atoms with Gasteiger partial charge in [-0.1, -0.05) is 11.6 Å². The fourth-order valence-corrected chi connectivity index (χ4v) is 2.93. The van der Waals surface area contributed by atoms with Gasteiger partial charge in [-0.25, -0.2) is 0 Å². The van der Waals surface area contributed by atoms with Gasteiger partial charge in [-0.15, -0.1) is 0 Å². The van der Waals surface area contributed by atoms with Crippen LogP contribution >= 0.6 is 11.6 Å². The number of nitrogens with two attached hydrogens (primary N) is 1. The summed E-state index contributed by atoms with van der Waals surface area (Å²) >= 11 is 6.18. The van der Waals surface area contributed by atoms with Crippen molar-refractivity contribution >= 4 is 40.1 Å². The Morgan fingerprint density at radius 3 is 2.70 bits per heavy atom. The lowest BCUT2D eigenvalue weighted by atomic mass is 10.1. The van der Waals surface area contributed by atoms with E-state index in [4.69, 9.17) is 17.3 Å². The molecule has 1 aromatic carbocycles. The molecule has 0 bridgehead atoms. The first-order chi connectivity index (χ1) is 11.0. The van der Waals surface area contributed by atoms with Gasteiger partial charge in [-0.2, -0.15) is 5.10 Å². The molecule has 0 saturated heterocycles. The number of halogens is 1. The molecule has 3 aromatic rings. The van der Waals surface area contributed by atoms with Crippen LogP contribution in [0.1, 0.15) is 20.7 Å². The first-order valence-corrected chi connectivity index (χ1v) is 6.89. The second kappa shape index (κ2) is 4.43. The number of fused-ring (bicyclic) bond motifs is 2. The van der Waals surface area contributed by atoms with E-state index < -0.39 is 17.4 Å². The Morgan fingerprint density at radius 1 is 1.13 bits per heavy atom. The fourth-order valence-electron chi connectivity index (χ4n) is 2.67. The molecule has 0 unspecified atom stereocenters. The summed E-state index contributed by atoms with van der Waals surface area (Å²) in [6.07, 6.45) is 1.56. The summed E-state index contributed by atoms with van der Waals surface area (Å²) in [5.74, 6) is -1.39. The van der Waals surface area contributed by atoms with Gasteiger partial charge in [-0.3, -0.25) is 29.4 Å². The number of H-pyrrole nitrogens is 1. The van der Waals surface area contributed by atoms with Crippen LogP contribution in [0.15, 0.2) is 29.2 Å². The number of hydrogen-bond acceptors (Lipinski definition) is 5. The number of carbonyl (C=O) groups excluding carboxylic acids is 2. The Morgan fingerprint density at radius 2 is 1.91 bits per heavy atom. The predicted molar refractivity (Wildman–Crippen MR) is 82.9 cm³/mol. The summed E-state index contributed by atoms with van der Waals surface area (Å²) in [6.45, 7) is 0. The van der Waals surface area contributed by atoms with Crippen molar-refractivity contribution in [2.75, 3.05) is 5.73 Å². The SMILES string of the molecule is Nc1c2c(cc(=O)n1-c1cc(Cl)c3cn[nH]c3c1)C(=O)NC2=O. The molecule has 0 atom stereocenters. The second-order valence-electron chi connectivity index (χ2n) is 5.03. The van der Waals surface area contributed by atoms with Gasteiger partial charge in [0, 0.05) is 11.5 Å². The highest BCUT2D eigenvalue weighted by Crippen LogP contribution is 2.28. The summed E-state index contributed by atoms with van der Waals surface area (Å²) in [7, 11) is 0. The second-order valence-corrected chi connectivity index (χ2v) is 5.44. The van der Waals surface area contributed by atoms with Gasteiger partial charge in [0.2, 0.25) is 0 Å². The van der Waals surface area contributed by atoms with E-state index >= 15 is 0 Å². The molecule has 114 valence electrons. The number of imide groups is 1. The van der Waals surface area contributed by atoms with E-state index in [9.17, 15) is 14.4 Å². The summed E-state index contributed by atoms with van der Waals surface area (Å²) < 4.78 is 1.13. The van der Waals surface area contributed by atoms with E-state index in [0.717, 1.165) is 10.6 Å². The number of aromatic amines is 1. The lowest BCUT2D eigenvalue weighted by molar-refractivity contribution is 0.0880. The zero-order valence-corrected chi connectivity index (χ0v) is 12.1. The number of anilines is 1. The Labute approximate surface area is 132 Å². The van der Waals surface area contributed by atoms with Crippen molar-refractivity contribution in [2.45, 2.75) is 0 Å². The van der Waals surface area contributed by atoms with E-state index in [1.54, 1.807) is 12.3 Å².